The molecule has 0 aromatic carbocycles. The average molecular weight is 244 g/mol. The summed E-state index contributed by atoms with van der Waals surface area (Å²) in [6, 6.07) is -1.02. The minimum absolute atomic E-state index is 0.258. The van der Waals surface area contributed by atoms with Crippen molar-refractivity contribution in [3.63, 3.8) is 0 Å². The van der Waals surface area contributed by atoms with Crippen molar-refractivity contribution >= 4 is 12.0 Å². The minimum atomic E-state index is -0.967. The van der Waals surface area contributed by atoms with Gasteiger partial charge in [-0.3, -0.25) is 0 Å². The van der Waals surface area contributed by atoms with Crippen molar-refractivity contribution < 1.29 is 14.7 Å². The summed E-state index contributed by atoms with van der Waals surface area (Å²) in [4.78, 5) is 26.0. The van der Waals surface area contributed by atoms with Crippen molar-refractivity contribution in [2.45, 2.75) is 52.1 Å². The number of carbonyl (C=O) groups is 2. The maximum Gasteiger partial charge on any atom is 0.326 e. The minimum Gasteiger partial charge on any atom is -0.480 e. The highest BCUT2D eigenvalue weighted by atomic mass is 16.4. The molecule has 0 rings (SSSR count). The van der Waals surface area contributed by atoms with Crippen LogP contribution in [0.15, 0.2) is 0 Å². The van der Waals surface area contributed by atoms with Crippen LogP contribution in [0.5, 0.6) is 0 Å². The largest absolute Gasteiger partial charge is 0.480 e. The van der Waals surface area contributed by atoms with Crippen LogP contribution < -0.4 is 0 Å². The fourth-order valence-electron chi connectivity index (χ4n) is 1.48. The molecule has 0 aliphatic carbocycles. The molecule has 5 heteroatoms. The van der Waals surface area contributed by atoms with Gasteiger partial charge in [-0.15, -0.1) is 0 Å². The molecule has 0 saturated carbocycles. The first-order valence-electron chi connectivity index (χ1n) is 5.92. The molecular formula is C12H24N2O3. The smallest absolute Gasteiger partial charge is 0.326 e. The lowest BCUT2D eigenvalue weighted by Crippen LogP contribution is -2.53. The topological polar surface area (TPSA) is 60.9 Å². The van der Waals surface area contributed by atoms with E-state index in [1.165, 1.54) is 11.9 Å². The Morgan fingerprint density at radius 2 is 1.71 bits per heavy atom. The fourth-order valence-corrected chi connectivity index (χ4v) is 1.48. The van der Waals surface area contributed by atoms with E-state index >= 15 is 0 Å². The summed E-state index contributed by atoms with van der Waals surface area (Å²) in [5.41, 5.74) is -0.276. The Morgan fingerprint density at radius 3 is 2.00 bits per heavy atom. The number of carboxylic acids is 1. The van der Waals surface area contributed by atoms with Crippen molar-refractivity contribution in [2.75, 3.05) is 14.1 Å². The Morgan fingerprint density at radius 1 is 1.24 bits per heavy atom. The molecule has 2 amide bonds. The van der Waals surface area contributed by atoms with Gasteiger partial charge in [0.2, 0.25) is 0 Å². The zero-order chi connectivity index (χ0) is 13.8. The standard InChI is InChI=1S/C12H24N2O3/c1-7-9(10(15)16)13(5)11(17)14(6)12(3,4)8-2/h9H,7-8H2,1-6H3,(H,15,16). The van der Waals surface area contributed by atoms with E-state index in [9.17, 15) is 9.59 Å². The Labute approximate surface area is 103 Å². The predicted molar refractivity (Wildman–Crippen MR) is 67.0 cm³/mol. The number of hydrogen-bond acceptors (Lipinski definition) is 2. The number of amides is 2. The van der Waals surface area contributed by atoms with Gasteiger partial charge in [-0.05, 0) is 26.7 Å². The lowest BCUT2D eigenvalue weighted by atomic mass is 10.0. The van der Waals surface area contributed by atoms with Gasteiger partial charge < -0.3 is 14.9 Å². The molecule has 0 aliphatic rings. The van der Waals surface area contributed by atoms with Crippen LogP contribution in [0.1, 0.15) is 40.5 Å². The number of aliphatic carboxylic acids is 1. The molecule has 1 atom stereocenters. The Balaban J connectivity index is 4.87. The van der Waals surface area contributed by atoms with Crippen LogP contribution in [0, 0.1) is 0 Å². The summed E-state index contributed by atoms with van der Waals surface area (Å²) < 4.78 is 0. The second-order valence-electron chi connectivity index (χ2n) is 4.88. The Bertz CT molecular complexity index is 289. The summed E-state index contributed by atoms with van der Waals surface area (Å²) in [7, 11) is 3.24. The third-order valence-corrected chi connectivity index (χ3v) is 3.50. The monoisotopic (exact) mass is 244 g/mol. The molecule has 0 radical (unpaired) electrons. The van der Waals surface area contributed by atoms with E-state index in [1.54, 1.807) is 18.9 Å². The molecule has 0 aliphatic heterocycles. The molecule has 0 fully saturated rings. The molecule has 0 spiro atoms. The Hall–Kier alpha value is -1.26. The van der Waals surface area contributed by atoms with Crippen LogP contribution in [-0.2, 0) is 4.79 Å². The van der Waals surface area contributed by atoms with Gasteiger partial charge in [-0.1, -0.05) is 13.8 Å². The molecule has 0 heterocycles. The van der Waals surface area contributed by atoms with E-state index in [2.05, 4.69) is 0 Å². The van der Waals surface area contributed by atoms with Gasteiger partial charge in [0, 0.05) is 19.6 Å². The highest BCUT2D eigenvalue weighted by Crippen LogP contribution is 2.19. The fraction of sp³-hybridized carbons (Fsp3) is 0.833. The maximum absolute atomic E-state index is 12.1. The first-order chi connectivity index (χ1) is 7.68. The number of urea groups is 1. The molecule has 0 aromatic heterocycles. The number of hydrogen-bond donors (Lipinski definition) is 1. The van der Waals surface area contributed by atoms with Gasteiger partial charge >= 0.3 is 12.0 Å². The molecule has 5 nitrogen and oxygen atoms in total. The second-order valence-corrected chi connectivity index (χ2v) is 4.88. The zero-order valence-corrected chi connectivity index (χ0v) is 11.6. The highest BCUT2D eigenvalue weighted by Gasteiger charge is 2.32. The predicted octanol–water partition coefficient (Wildman–Crippen LogP) is 2.02. The quantitative estimate of drug-likeness (QED) is 0.805. The third kappa shape index (κ3) is 3.61. The molecule has 100 valence electrons. The number of nitrogens with zero attached hydrogens (tertiary/aromatic N) is 2. The van der Waals surface area contributed by atoms with E-state index in [1.807, 2.05) is 20.8 Å². The first kappa shape index (κ1) is 15.7. The number of carbonyl (C=O) groups excluding carboxylic acids is 1. The SMILES string of the molecule is CCC(C(=O)O)N(C)C(=O)N(C)C(C)(C)CC. The lowest BCUT2D eigenvalue weighted by Gasteiger charge is -2.38. The van der Waals surface area contributed by atoms with Crippen molar-refractivity contribution in [3.05, 3.63) is 0 Å². The summed E-state index contributed by atoms with van der Waals surface area (Å²) in [5.74, 6) is -0.967. The molecule has 17 heavy (non-hydrogen) atoms. The van der Waals surface area contributed by atoms with Crippen LogP contribution >= 0.6 is 0 Å². The van der Waals surface area contributed by atoms with E-state index in [0.29, 0.717) is 6.42 Å². The maximum atomic E-state index is 12.1. The third-order valence-electron chi connectivity index (χ3n) is 3.50. The first-order valence-corrected chi connectivity index (χ1v) is 5.92. The van der Waals surface area contributed by atoms with Crippen molar-refractivity contribution in [1.29, 1.82) is 0 Å². The molecular weight excluding hydrogens is 220 g/mol. The molecule has 0 saturated heterocycles. The van der Waals surface area contributed by atoms with Gasteiger partial charge in [0.1, 0.15) is 6.04 Å². The highest BCUT2D eigenvalue weighted by molar-refractivity contribution is 5.82. The molecule has 0 aromatic rings. The van der Waals surface area contributed by atoms with Crippen molar-refractivity contribution in [2.24, 2.45) is 0 Å². The summed E-state index contributed by atoms with van der Waals surface area (Å²) in [6.45, 7) is 7.67. The van der Waals surface area contributed by atoms with Crippen LogP contribution in [0.3, 0.4) is 0 Å². The van der Waals surface area contributed by atoms with E-state index in [4.69, 9.17) is 5.11 Å². The normalized spacial score (nSPS) is 13.1. The van der Waals surface area contributed by atoms with Gasteiger partial charge in [0.15, 0.2) is 0 Å². The summed E-state index contributed by atoms with van der Waals surface area (Å²) in [5, 5.41) is 9.02. The lowest BCUT2D eigenvalue weighted by molar-refractivity contribution is -0.142. The van der Waals surface area contributed by atoms with Gasteiger partial charge in [-0.25, -0.2) is 9.59 Å². The van der Waals surface area contributed by atoms with Gasteiger partial charge in [0.05, 0.1) is 0 Å². The molecule has 0 bridgehead atoms. The van der Waals surface area contributed by atoms with E-state index in [0.717, 1.165) is 6.42 Å². The van der Waals surface area contributed by atoms with Crippen LogP contribution in [0.25, 0.3) is 0 Å². The van der Waals surface area contributed by atoms with Crippen molar-refractivity contribution in [1.82, 2.24) is 9.80 Å². The number of rotatable bonds is 5. The van der Waals surface area contributed by atoms with E-state index < -0.39 is 12.0 Å². The number of carboxylic acid groups (broad SMARTS) is 1. The summed E-state index contributed by atoms with van der Waals surface area (Å²) in [6.07, 6.45) is 1.21. The average Bonchev–Trinajstić information content (AvgIpc) is 2.27. The molecule has 1 N–H and O–H groups in total. The number of likely N-dealkylation sites (N-methyl/N-ethyl adjacent to an activating group) is 1. The zero-order valence-electron chi connectivity index (χ0n) is 11.6. The van der Waals surface area contributed by atoms with Gasteiger partial charge in [0.25, 0.3) is 0 Å². The van der Waals surface area contributed by atoms with Crippen molar-refractivity contribution in [3.8, 4) is 0 Å². The second kappa shape index (κ2) is 5.89. The van der Waals surface area contributed by atoms with E-state index in [-0.39, 0.29) is 11.6 Å². The van der Waals surface area contributed by atoms with Gasteiger partial charge in [-0.2, -0.15) is 0 Å². The summed E-state index contributed by atoms with van der Waals surface area (Å²) >= 11 is 0. The molecule has 1 unspecified atom stereocenters. The van der Waals surface area contributed by atoms with Crippen LogP contribution in [0.4, 0.5) is 4.79 Å². The van der Waals surface area contributed by atoms with Crippen LogP contribution in [-0.4, -0.2) is 52.6 Å². The van der Waals surface area contributed by atoms with Crippen LogP contribution in [0.2, 0.25) is 0 Å². The Kier molecular flexibility index (Phi) is 5.45.